The topological polar surface area (TPSA) is 121 Å². The van der Waals surface area contributed by atoms with Gasteiger partial charge >= 0.3 is 59.1 Å². The van der Waals surface area contributed by atoms with Crippen molar-refractivity contribution in [1.82, 2.24) is 0 Å². The Hall–Kier alpha value is 1.21. The van der Waals surface area contributed by atoms with Crippen molar-refractivity contribution >= 4 is 25.3 Å². The number of hydrogen-bond donors (Lipinski definition) is 2. The summed E-state index contributed by atoms with van der Waals surface area (Å²) in [5.74, 6) is 0. The van der Waals surface area contributed by atoms with Gasteiger partial charge in [-0.1, -0.05) is 0 Å². The van der Waals surface area contributed by atoms with Gasteiger partial charge in [-0.15, -0.1) is 12.3 Å². The number of carbonyl (C=O) groups is 2. The SMILES string of the molecule is C=O.O=C([O-])O.[Na+].[Na+].[O-]SO. The summed E-state index contributed by atoms with van der Waals surface area (Å²) in [5, 5.41) is 15.3. The number of carboxylic acid groups (broad SMARTS) is 2. The molecule has 56 valence electrons. The summed E-state index contributed by atoms with van der Waals surface area (Å²) in [6.07, 6.45) is -2.08. The summed E-state index contributed by atoms with van der Waals surface area (Å²) >= 11 is -0.500. The van der Waals surface area contributed by atoms with Crippen LogP contribution in [0, 0.1) is 0 Å². The predicted molar refractivity (Wildman–Crippen MR) is 26.1 cm³/mol. The van der Waals surface area contributed by atoms with E-state index in [2.05, 4.69) is 0 Å². The standard InChI is InChI=1S/CH2O3.CH2O.2Na.H2O2S/c2-1(3)4;1-2;;;1-3-2/h(H2,2,3,4);1H2;;;1-2H/q;;2*+1;/p-2. The minimum Gasteiger partial charge on any atom is -0.776 e. The van der Waals surface area contributed by atoms with Crippen molar-refractivity contribution in [3.05, 3.63) is 0 Å². The monoisotopic (exact) mass is 202 g/mol. The van der Waals surface area contributed by atoms with Crippen LogP contribution in [-0.4, -0.2) is 27.2 Å². The van der Waals surface area contributed by atoms with Gasteiger partial charge in [-0.05, 0) is 0 Å². The van der Waals surface area contributed by atoms with E-state index in [9.17, 15) is 0 Å². The quantitative estimate of drug-likeness (QED) is 0.295. The van der Waals surface area contributed by atoms with Gasteiger partial charge in [0, 0.05) is 0 Å². The molecule has 0 radical (unpaired) electrons. The van der Waals surface area contributed by atoms with Gasteiger partial charge in [0.2, 0.25) is 6.16 Å². The summed E-state index contributed by atoms with van der Waals surface area (Å²) in [4.78, 5) is 16.4. The molecule has 0 aromatic carbocycles. The van der Waals surface area contributed by atoms with Crippen LogP contribution in [0.15, 0.2) is 0 Å². The van der Waals surface area contributed by atoms with Gasteiger partial charge < -0.3 is 28.9 Å². The normalized spacial score (nSPS) is 4.18. The molecule has 0 aliphatic heterocycles. The molecule has 0 aliphatic rings. The molecule has 2 N–H and O–H groups in total. The number of hydrogen-bond acceptors (Lipinski definition) is 6. The molecule has 0 atom stereocenters. The summed E-state index contributed by atoms with van der Waals surface area (Å²) in [7, 11) is 0. The van der Waals surface area contributed by atoms with Crippen LogP contribution in [0.4, 0.5) is 4.79 Å². The van der Waals surface area contributed by atoms with E-state index in [1.54, 1.807) is 0 Å². The molecule has 0 aliphatic carbocycles. The van der Waals surface area contributed by atoms with E-state index in [-0.39, 0.29) is 59.1 Å². The Labute approximate surface area is 112 Å². The van der Waals surface area contributed by atoms with Crippen molar-refractivity contribution in [2.45, 2.75) is 0 Å². The molecule has 0 unspecified atom stereocenters. The zero-order valence-electron chi connectivity index (χ0n) is 6.14. The second kappa shape index (κ2) is 43.1. The minimum atomic E-state index is -2.08. The zero-order chi connectivity index (χ0) is 8.28. The van der Waals surface area contributed by atoms with Crippen molar-refractivity contribution in [3.63, 3.8) is 0 Å². The van der Waals surface area contributed by atoms with Crippen molar-refractivity contribution < 1.29 is 88.0 Å². The molecule has 0 aromatic heterocycles. The Morgan fingerprint density at radius 3 is 1.36 bits per heavy atom. The summed E-state index contributed by atoms with van der Waals surface area (Å²) in [6, 6.07) is 0. The zero-order valence-corrected chi connectivity index (χ0v) is 11.0. The summed E-state index contributed by atoms with van der Waals surface area (Å²) in [6.45, 7) is 2.00. The molecule has 11 heavy (non-hydrogen) atoms. The molecule has 0 aromatic rings. The first-order chi connectivity index (χ1) is 4.15. The van der Waals surface area contributed by atoms with Crippen molar-refractivity contribution in [2.24, 2.45) is 0 Å². The molecule has 0 rings (SSSR count). The molecule has 0 heterocycles. The third kappa shape index (κ3) is 649. The van der Waals surface area contributed by atoms with E-state index >= 15 is 0 Å². The van der Waals surface area contributed by atoms with Gasteiger partial charge in [0.15, 0.2) is 0 Å². The predicted octanol–water partition coefficient (Wildman–Crippen LogP) is -6.97. The van der Waals surface area contributed by atoms with E-state index < -0.39 is 18.5 Å². The Balaban J connectivity index is -0.0000000158. The molecule has 6 nitrogen and oxygen atoms in total. The van der Waals surface area contributed by atoms with Crippen LogP contribution in [-0.2, 0) is 4.79 Å². The number of carbonyl (C=O) groups excluding carboxylic acids is 1. The van der Waals surface area contributed by atoms with Crippen LogP contribution < -0.4 is 64.2 Å². The van der Waals surface area contributed by atoms with Crippen LogP contribution in [0.3, 0.4) is 0 Å². The summed E-state index contributed by atoms with van der Waals surface area (Å²) in [5.41, 5.74) is 0. The maximum Gasteiger partial charge on any atom is 1.00 e. The van der Waals surface area contributed by atoms with Crippen molar-refractivity contribution in [1.29, 1.82) is 0 Å². The average Bonchev–Trinajstić information content (AvgIpc) is 1.71. The third-order valence-electron chi connectivity index (χ3n) is 0. The van der Waals surface area contributed by atoms with Crippen molar-refractivity contribution in [2.75, 3.05) is 0 Å². The molecule has 0 saturated carbocycles. The van der Waals surface area contributed by atoms with Gasteiger partial charge in [-0.3, -0.25) is 0 Å². The van der Waals surface area contributed by atoms with Gasteiger partial charge in [0.25, 0.3) is 0 Å². The maximum atomic E-state index is 8.44. The van der Waals surface area contributed by atoms with Crippen LogP contribution in [0.25, 0.3) is 0 Å². The van der Waals surface area contributed by atoms with Crippen LogP contribution in [0.5, 0.6) is 0 Å². The summed E-state index contributed by atoms with van der Waals surface area (Å²) < 4.78 is 15.3. The Bertz CT molecular complexity index is 58.5. The Morgan fingerprint density at radius 2 is 1.36 bits per heavy atom. The Morgan fingerprint density at radius 1 is 1.36 bits per heavy atom. The maximum absolute atomic E-state index is 8.44. The first-order valence-corrected chi connectivity index (χ1v) is 1.97. The number of rotatable bonds is 0. The van der Waals surface area contributed by atoms with E-state index in [0.717, 1.165) is 0 Å². The van der Waals surface area contributed by atoms with Gasteiger partial charge in [-0.25, -0.2) is 0 Å². The molecule has 0 spiro atoms. The molecular weight excluding hydrogens is 198 g/mol. The van der Waals surface area contributed by atoms with E-state index in [0.29, 0.717) is 0 Å². The van der Waals surface area contributed by atoms with Gasteiger partial charge in [0.05, 0.1) is 0 Å². The molecule has 0 bridgehead atoms. The van der Waals surface area contributed by atoms with Crippen molar-refractivity contribution in [3.8, 4) is 0 Å². The largest absolute Gasteiger partial charge is 1.00 e. The fourth-order valence-corrected chi connectivity index (χ4v) is 0. The van der Waals surface area contributed by atoms with Crippen LogP contribution in [0.2, 0.25) is 0 Å². The first-order valence-electron chi connectivity index (χ1n) is 1.27. The fraction of sp³-hybridized carbons (Fsp3) is 0. The fourth-order valence-electron chi connectivity index (χ4n) is 0. The second-order valence-corrected chi connectivity index (χ2v) is 0.490. The molecule has 0 amide bonds. The first kappa shape index (κ1) is 29.5. The molecule has 0 saturated heterocycles. The van der Waals surface area contributed by atoms with Crippen LogP contribution >= 0.6 is 12.3 Å². The Kier molecular flexibility index (Phi) is 116. The molecule has 0 fully saturated rings. The molecular formula is C2H4Na2O6S. The van der Waals surface area contributed by atoms with E-state index in [1.165, 1.54) is 0 Å². The smallest absolute Gasteiger partial charge is 0.776 e. The van der Waals surface area contributed by atoms with Crippen LogP contribution in [0.1, 0.15) is 0 Å². The van der Waals surface area contributed by atoms with E-state index in [1.807, 2.05) is 6.79 Å². The average molecular weight is 202 g/mol. The second-order valence-electron chi connectivity index (χ2n) is 0.340. The van der Waals surface area contributed by atoms with Gasteiger partial charge in [-0.2, -0.15) is 0 Å². The third-order valence-corrected chi connectivity index (χ3v) is 0. The molecule has 9 heteroatoms. The van der Waals surface area contributed by atoms with E-state index in [4.69, 9.17) is 28.9 Å². The van der Waals surface area contributed by atoms with Gasteiger partial charge in [0.1, 0.15) is 6.79 Å². The minimum absolute atomic E-state index is 0.